The molecule has 0 unspecified atom stereocenters. The molecular weight excluding hydrogens is 330 g/mol. The van der Waals surface area contributed by atoms with Crippen LogP contribution in [0.3, 0.4) is 0 Å². The monoisotopic (exact) mass is 345 g/mol. The molecule has 1 N–H and O–H groups in total. The van der Waals surface area contributed by atoms with Crippen LogP contribution in [0.1, 0.15) is 19.3 Å². The molecule has 1 atom stereocenters. The number of benzene rings is 1. The number of pyridine rings is 1. The largest absolute Gasteiger partial charge is 0.365 e. The third kappa shape index (κ3) is 2.50. The molecular formula is C16H16BrN3O. The summed E-state index contributed by atoms with van der Waals surface area (Å²) in [6, 6.07) is 10.8. The van der Waals surface area contributed by atoms with E-state index in [-0.39, 0.29) is 11.9 Å². The molecule has 1 aliphatic heterocycles. The molecule has 1 saturated carbocycles. The van der Waals surface area contributed by atoms with E-state index in [1.165, 1.54) is 12.8 Å². The first-order chi connectivity index (χ1) is 10.2. The molecule has 2 heterocycles. The van der Waals surface area contributed by atoms with Gasteiger partial charge in [-0.1, -0.05) is 12.1 Å². The summed E-state index contributed by atoms with van der Waals surface area (Å²) in [4.78, 5) is 18.7. The molecule has 1 aromatic heterocycles. The number of hydrogen-bond donors (Lipinski definition) is 1. The fourth-order valence-electron chi connectivity index (χ4n) is 2.97. The first-order valence-corrected chi connectivity index (χ1v) is 8.11. The van der Waals surface area contributed by atoms with Crippen LogP contribution in [0.2, 0.25) is 0 Å². The zero-order valence-electron chi connectivity index (χ0n) is 11.6. The number of amides is 1. The summed E-state index contributed by atoms with van der Waals surface area (Å²) in [5.41, 5.74) is 0.950. The van der Waals surface area contributed by atoms with Crippen LogP contribution in [0.5, 0.6) is 0 Å². The Morgan fingerprint density at radius 3 is 2.90 bits per heavy atom. The number of likely N-dealkylation sites (tertiary alicyclic amines) is 1. The van der Waals surface area contributed by atoms with Gasteiger partial charge in [-0.25, -0.2) is 4.98 Å². The van der Waals surface area contributed by atoms with Crippen molar-refractivity contribution in [3.63, 3.8) is 0 Å². The van der Waals surface area contributed by atoms with Crippen LogP contribution in [-0.2, 0) is 4.79 Å². The minimum atomic E-state index is 0.172. The van der Waals surface area contributed by atoms with Gasteiger partial charge in [-0.05, 0) is 47.0 Å². The third-order valence-electron chi connectivity index (χ3n) is 4.17. The average molecular weight is 346 g/mol. The van der Waals surface area contributed by atoms with Crippen molar-refractivity contribution in [3.05, 3.63) is 34.8 Å². The molecule has 1 aliphatic carbocycles. The molecule has 108 valence electrons. The molecule has 0 spiro atoms. The number of para-hydroxylation sites is 1. The lowest BCUT2D eigenvalue weighted by atomic mass is 10.2. The van der Waals surface area contributed by atoms with Gasteiger partial charge in [-0.3, -0.25) is 4.79 Å². The maximum absolute atomic E-state index is 12.0. The quantitative estimate of drug-likeness (QED) is 0.929. The van der Waals surface area contributed by atoms with Crippen molar-refractivity contribution in [1.82, 2.24) is 9.88 Å². The molecule has 4 rings (SSSR count). The van der Waals surface area contributed by atoms with Gasteiger partial charge in [-0.2, -0.15) is 0 Å². The van der Waals surface area contributed by atoms with Crippen molar-refractivity contribution in [2.45, 2.75) is 31.3 Å². The van der Waals surface area contributed by atoms with Crippen molar-refractivity contribution >= 4 is 38.6 Å². The number of carbonyl (C=O) groups is 1. The van der Waals surface area contributed by atoms with Gasteiger partial charge in [0.2, 0.25) is 5.91 Å². The number of halogens is 1. The van der Waals surface area contributed by atoms with E-state index in [1.54, 1.807) is 0 Å². The second kappa shape index (κ2) is 4.98. The van der Waals surface area contributed by atoms with Crippen molar-refractivity contribution in [2.75, 3.05) is 11.9 Å². The van der Waals surface area contributed by atoms with E-state index in [9.17, 15) is 4.79 Å². The van der Waals surface area contributed by atoms with Gasteiger partial charge in [0.05, 0.1) is 11.6 Å². The second-order valence-corrected chi connectivity index (χ2v) is 6.69. The lowest BCUT2D eigenvalue weighted by Gasteiger charge is -2.16. The summed E-state index contributed by atoms with van der Waals surface area (Å²) in [5.74, 6) is 1.11. The van der Waals surface area contributed by atoms with Crippen LogP contribution in [0.25, 0.3) is 10.9 Å². The molecule has 1 amide bonds. The molecule has 2 fully saturated rings. The number of anilines is 1. The molecule has 1 saturated heterocycles. The van der Waals surface area contributed by atoms with Crippen molar-refractivity contribution < 1.29 is 4.79 Å². The Hall–Kier alpha value is -1.62. The standard InChI is InChI=1S/C16H16BrN3O/c17-13-3-1-2-10-4-7-14(19-16(10)13)18-11-8-15(21)20(9-11)12-5-6-12/h1-4,7,11-12H,5-6,8-9H2,(H,18,19)/t11-/m0/s1. The Labute approximate surface area is 131 Å². The van der Waals surface area contributed by atoms with Gasteiger partial charge in [0, 0.05) is 28.9 Å². The molecule has 5 heteroatoms. The van der Waals surface area contributed by atoms with E-state index < -0.39 is 0 Å². The third-order valence-corrected chi connectivity index (χ3v) is 4.81. The van der Waals surface area contributed by atoms with Gasteiger partial charge in [0.15, 0.2) is 0 Å². The summed E-state index contributed by atoms with van der Waals surface area (Å²) < 4.78 is 0.991. The fourth-order valence-corrected chi connectivity index (χ4v) is 3.44. The van der Waals surface area contributed by atoms with E-state index in [1.807, 2.05) is 29.2 Å². The predicted molar refractivity (Wildman–Crippen MR) is 86.2 cm³/mol. The number of rotatable bonds is 3. The molecule has 1 aromatic carbocycles. The highest BCUT2D eigenvalue weighted by atomic mass is 79.9. The van der Waals surface area contributed by atoms with Crippen molar-refractivity contribution in [2.24, 2.45) is 0 Å². The van der Waals surface area contributed by atoms with Crippen molar-refractivity contribution in [3.8, 4) is 0 Å². The van der Waals surface area contributed by atoms with Gasteiger partial charge in [0.1, 0.15) is 5.82 Å². The molecule has 21 heavy (non-hydrogen) atoms. The zero-order valence-corrected chi connectivity index (χ0v) is 13.1. The Morgan fingerprint density at radius 1 is 1.24 bits per heavy atom. The van der Waals surface area contributed by atoms with Crippen LogP contribution < -0.4 is 5.32 Å². The number of nitrogens with zero attached hydrogens (tertiary/aromatic N) is 2. The number of carbonyl (C=O) groups excluding carboxylic acids is 1. The van der Waals surface area contributed by atoms with E-state index >= 15 is 0 Å². The van der Waals surface area contributed by atoms with Crippen LogP contribution in [-0.4, -0.2) is 34.4 Å². The summed E-state index contributed by atoms with van der Waals surface area (Å²) >= 11 is 3.54. The highest BCUT2D eigenvalue weighted by Gasteiger charge is 2.39. The number of aromatic nitrogens is 1. The highest BCUT2D eigenvalue weighted by molar-refractivity contribution is 9.10. The smallest absolute Gasteiger partial charge is 0.225 e. The fraction of sp³-hybridized carbons (Fsp3) is 0.375. The minimum absolute atomic E-state index is 0.172. The molecule has 2 aliphatic rings. The van der Waals surface area contributed by atoms with E-state index in [4.69, 9.17) is 0 Å². The maximum atomic E-state index is 12.0. The van der Waals surface area contributed by atoms with Crippen LogP contribution in [0, 0.1) is 0 Å². The topological polar surface area (TPSA) is 45.2 Å². The lowest BCUT2D eigenvalue weighted by Crippen LogP contribution is -2.29. The molecule has 4 nitrogen and oxygen atoms in total. The Kier molecular flexibility index (Phi) is 3.10. The van der Waals surface area contributed by atoms with Crippen LogP contribution >= 0.6 is 15.9 Å². The molecule has 2 aromatic rings. The summed E-state index contributed by atoms with van der Waals surface area (Å²) in [6.07, 6.45) is 2.91. The summed E-state index contributed by atoms with van der Waals surface area (Å²) in [7, 11) is 0. The van der Waals surface area contributed by atoms with Gasteiger partial charge in [-0.15, -0.1) is 0 Å². The van der Waals surface area contributed by atoms with Gasteiger partial charge < -0.3 is 10.2 Å². The second-order valence-electron chi connectivity index (χ2n) is 5.83. The van der Waals surface area contributed by atoms with E-state index in [0.29, 0.717) is 12.5 Å². The summed E-state index contributed by atoms with van der Waals surface area (Å²) in [6.45, 7) is 0.805. The minimum Gasteiger partial charge on any atom is -0.365 e. The van der Waals surface area contributed by atoms with Crippen LogP contribution in [0.4, 0.5) is 5.82 Å². The Morgan fingerprint density at radius 2 is 2.10 bits per heavy atom. The zero-order chi connectivity index (χ0) is 14.4. The molecule has 0 bridgehead atoms. The first kappa shape index (κ1) is 13.1. The van der Waals surface area contributed by atoms with E-state index in [0.717, 1.165) is 27.7 Å². The Balaban J connectivity index is 1.54. The first-order valence-electron chi connectivity index (χ1n) is 7.32. The highest BCUT2D eigenvalue weighted by Crippen LogP contribution is 2.31. The Bertz CT molecular complexity index is 714. The number of hydrogen-bond acceptors (Lipinski definition) is 3. The molecule has 0 radical (unpaired) electrons. The van der Waals surface area contributed by atoms with Gasteiger partial charge >= 0.3 is 0 Å². The van der Waals surface area contributed by atoms with E-state index in [2.05, 4.69) is 32.3 Å². The predicted octanol–water partition coefficient (Wildman–Crippen LogP) is 3.17. The maximum Gasteiger partial charge on any atom is 0.225 e. The average Bonchev–Trinajstić information content (AvgIpc) is 3.24. The number of fused-ring (bicyclic) bond motifs is 1. The lowest BCUT2D eigenvalue weighted by molar-refractivity contribution is -0.128. The summed E-state index contributed by atoms with van der Waals surface area (Å²) in [5, 5.41) is 4.52. The van der Waals surface area contributed by atoms with Crippen molar-refractivity contribution in [1.29, 1.82) is 0 Å². The van der Waals surface area contributed by atoms with Gasteiger partial charge in [0.25, 0.3) is 0 Å². The van der Waals surface area contributed by atoms with Crippen LogP contribution in [0.15, 0.2) is 34.8 Å². The SMILES string of the molecule is O=C1C[C@H](Nc2ccc3cccc(Br)c3n2)CN1C1CC1. The normalized spacial score (nSPS) is 22.0. The number of nitrogens with one attached hydrogen (secondary N) is 1.